The molecule has 21 heavy (non-hydrogen) atoms. The lowest BCUT2D eigenvalue weighted by Crippen LogP contribution is -2.38. The van der Waals surface area contributed by atoms with Crippen LogP contribution in [0.1, 0.15) is 18.1 Å². The van der Waals surface area contributed by atoms with Gasteiger partial charge in [-0.2, -0.15) is 0 Å². The highest BCUT2D eigenvalue weighted by Crippen LogP contribution is 2.14. The van der Waals surface area contributed by atoms with E-state index in [1.54, 1.807) is 14.2 Å². The van der Waals surface area contributed by atoms with Crippen molar-refractivity contribution in [3.05, 3.63) is 35.4 Å². The van der Waals surface area contributed by atoms with E-state index in [0.29, 0.717) is 19.8 Å². The van der Waals surface area contributed by atoms with E-state index in [-0.39, 0.29) is 12.5 Å². The fourth-order valence-electron chi connectivity index (χ4n) is 2.28. The minimum absolute atomic E-state index is 0.0486. The lowest BCUT2D eigenvalue weighted by Gasteiger charge is -2.29. The minimum atomic E-state index is -0.809. The van der Waals surface area contributed by atoms with Crippen LogP contribution in [-0.2, 0) is 27.2 Å². The molecule has 1 atom stereocenters. The molecule has 0 amide bonds. The lowest BCUT2D eigenvalue weighted by molar-refractivity contribution is -0.136. The van der Waals surface area contributed by atoms with Crippen LogP contribution in [0.3, 0.4) is 0 Å². The van der Waals surface area contributed by atoms with Gasteiger partial charge in [0.25, 0.3) is 0 Å². The van der Waals surface area contributed by atoms with Gasteiger partial charge in [-0.1, -0.05) is 24.3 Å². The van der Waals surface area contributed by atoms with E-state index in [9.17, 15) is 4.79 Å². The summed E-state index contributed by atoms with van der Waals surface area (Å²) < 4.78 is 10.4. The van der Waals surface area contributed by atoms with Crippen LogP contribution in [0.15, 0.2) is 24.3 Å². The second-order valence-corrected chi connectivity index (χ2v) is 5.11. The maximum atomic E-state index is 11.0. The van der Waals surface area contributed by atoms with Crippen LogP contribution in [0, 0.1) is 0 Å². The number of carbonyl (C=O) groups is 1. The Hall–Kier alpha value is -1.43. The zero-order chi connectivity index (χ0) is 15.7. The number of ether oxygens (including phenoxy) is 2. The summed E-state index contributed by atoms with van der Waals surface area (Å²) in [5.74, 6) is -0.809. The van der Waals surface area contributed by atoms with Crippen LogP contribution >= 0.6 is 0 Å². The quantitative estimate of drug-likeness (QED) is 0.713. The Morgan fingerprint density at radius 1 is 1.24 bits per heavy atom. The van der Waals surface area contributed by atoms with Crippen LogP contribution in [0.25, 0.3) is 0 Å². The third kappa shape index (κ3) is 6.25. The van der Waals surface area contributed by atoms with Crippen LogP contribution in [0.2, 0.25) is 0 Å². The smallest absolute Gasteiger partial charge is 0.307 e. The normalized spacial score (nSPS) is 12.6. The van der Waals surface area contributed by atoms with E-state index in [0.717, 1.165) is 17.7 Å². The van der Waals surface area contributed by atoms with Gasteiger partial charge in [-0.15, -0.1) is 0 Å². The number of hydrogen-bond acceptors (Lipinski definition) is 4. The number of carboxylic acids is 1. The first-order valence-corrected chi connectivity index (χ1v) is 7.09. The molecule has 1 N–H and O–H groups in total. The van der Waals surface area contributed by atoms with Crippen molar-refractivity contribution < 1.29 is 19.4 Å². The first kappa shape index (κ1) is 17.6. The summed E-state index contributed by atoms with van der Waals surface area (Å²) in [7, 11) is 3.36. The van der Waals surface area contributed by atoms with Gasteiger partial charge >= 0.3 is 5.97 Å². The van der Waals surface area contributed by atoms with Crippen molar-refractivity contribution in [2.24, 2.45) is 0 Å². The number of nitrogens with zero attached hydrogens (tertiary/aromatic N) is 1. The van der Waals surface area contributed by atoms with Crippen molar-refractivity contribution in [1.29, 1.82) is 0 Å². The van der Waals surface area contributed by atoms with E-state index in [1.807, 2.05) is 24.3 Å². The van der Waals surface area contributed by atoms with E-state index in [2.05, 4.69) is 11.8 Å². The number of hydrogen-bond donors (Lipinski definition) is 1. The van der Waals surface area contributed by atoms with Crippen LogP contribution in [0.5, 0.6) is 0 Å². The highest BCUT2D eigenvalue weighted by molar-refractivity contribution is 5.70. The Bertz CT molecular complexity index is 436. The van der Waals surface area contributed by atoms with Crippen molar-refractivity contribution in [2.45, 2.75) is 25.9 Å². The molecule has 0 aliphatic heterocycles. The third-order valence-electron chi connectivity index (χ3n) is 3.45. The van der Waals surface area contributed by atoms with Gasteiger partial charge in [-0.25, -0.2) is 0 Å². The van der Waals surface area contributed by atoms with E-state index >= 15 is 0 Å². The molecule has 0 saturated heterocycles. The number of rotatable bonds is 10. The molecule has 1 unspecified atom stereocenters. The first-order valence-electron chi connectivity index (χ1n) is 7.09. The molecule has 0 aliphatic carbocycles. The van der Waals surface area contributed by atoms with Gasteiger partial charge in [-0.05, 0) is 18.1 Å². The molecule has 1 rings (SSSR count). The van der Waals surface area contributed by atoms with E-state index in [1.165, 1.54) is 0 Å². The van der Waals surface area contributed by atoms with Crippen LogP contribution in [-0.4, -0.2) is 56.0 Å². The zero-order valence-electron chi connectivity index (χ0n) is 13.0. The molecule has 1 aromatic carbocycles. The predicted octanol–water partition coefficient (Wildman–Crippen LogP) is 1.80. The molecule has 0 fully saturated rings. The summed E-state index contributed by atoms with van der Waals surface area (Å²) in [5.41, 5.74) is 1.90. The summed E-state index contributed by atoms with van der Waals surface area (Å²) in [6.07, 6.45) is 0.0486. The minimum Gasteiger partial charge on any atom is -0.481 e. The third-order valence-corrected chi connectivity index (χ3v) is 3.45. The monoisotopic (exact) mass is 295 g/mol. The van der Waals surface area contributed by atoms with Gasteiger partial charge in [0.05, 0.1) is 19.6 Å². The Kier molecular flexibility index (Phi) is 7.97. The summed E-state index contributed by atoms with van der Waals surface area (Å²) >= 11 is 0. The molecule has 0 bridgehead atoms. The molecular formula is C16H25NO4. The number of carboxylic acid groups (broad SMARTS) is 1. The van der Waals surface area contributed by atoms with Crippen molar-refractivity contribution in [3.63, 3.8) is 0 Å². The molecule has 0 heterocycles. The second-order valence-electron chi connectivity index (χ2n) is 5.11. The second kappa shape index (κ2) is 9.50. The predicted molar refractivity (Wildman–Crippen MR) is 81.4 cm³/mol. The highest BCUT2D eigenvalue weighted by Gasteiger charge is 2.16. The molecule has 118 valence electrons. The van der Waals surface area contributed by atoms with Crippen molar-refractivity contribution >= 4 is 5.97 Å². The summed E-state index contributed by atoms with van der Waals surface area (Å²) in [4.78, 5) is 13.2. The van der Waals surface area contributed by atoms with Crippen LogP contribution in [0.4, 0.5) is 0 Å². The topological polar surface area (TPSA) is 59.0 Å². The lowest BCUT2D eigenvalue weighted by atomic mass is 10.0. The van der Waals surface area contributed by atoms with Crippen molar-refractivity contribution in [1.82, 2.24) is 4.90 Å². The number of aliphatic carboxylic acids is 1. The number of benzene rings is 1. The standard InChI is InChI=1S/C16H25NO4/c1-13(12-21-3)17(8-9-20-2)11-15-7-5-4-6-14(15)10-16(18)19/h4-7,13H,8-12H2,1-3H3,(H,18,19). The SMILES string of the molecule is COCCN(Cc1ccccc1CC(=O)O)C(C)COC. The van der Waals surface area contributed by atoms with Crippen LogP contribution < -0.4 is 0 Å². The fraction of sp³-hybridized carbons (Fsp3) is 0.562. The molecule has 0 saturated carbocycles. The molecule has 0 aromatic heterocycles. The van der Waals surface area contributed by atoms with Crippen molar-refractivity contribution in [2.75, 3.05) is 34.0 Å². The van der Waals surface area contributed by atoms with Crippen molar-refractivity contribution in [3.8, 4) is 0 Å². The Morgan fingerprint density at radius 2 is 1.90 bits per heavy atom. The Labute approximate surface area is 126 Å². The van der Waals surface area contributed by atoms with Gasteiger partial charge in [-0.3, -0.25) is 9.69 Å². The first-order chi connectivity index (χ1) is 10.1. The van der Waals surface area contributed by atoms with Gasteiger partial charge in [0, 0.05) is 33.4 Å². The van der Waals surface area contributed by atoms with Gasteiger partial charge < -0.3 is 14.6 Å². The summed E-state index contributed by atoms with van der Waals surface area (Å²) in [5, 5.41) is 9.01. The van der Waals surface area contributed by atoms with Gasteiger partial charge in [0.2, 0.25) is 0 Å². The fourth-order valence-corrected chi connectivity index (χ4v) is 2.28. The maximum Gasteiger partial charge on any atom is 0.307 e. The average Bonchev–Trinajstić information content (AvgIpc) is 2.44. The molecule has 0 aliphatic rings. The summed E-state index contributed by atoms with van der Waals surface area (Å²) in [6.45, 7) is 4.83. The van der Waals surface area contributed by atoms with E-state index < -0.39 is 5.97 Å². The molecular weight excluding hydrogens is 270 g/mol. The Balaban J connectivity index is 2.83. The highest BCUT2D eigenvalue weighted by atomic mass is 16.5. The molecule has 5 heteroatoms. The molecule has 0 spiro atoms. The molecule has 5 nitrogen and oxygen atoms in total. The molecule has 1 aromatic rings. The zero-order valence-corrected chi connectivity index (χ0v) is 13.0. The Morgan fingerprint density at radius 3 is 2.48 bits per heavy atom. The van der Waals surface area contributed by atoms with Gasteiger partial charge in [0.1, 0.15) is 0 Å². The molecule has 0 radical (unpaired) electrons. The number of methoxy groups -OCH3 is 2. The maximum absolute atomic E-state index is 11.0. The average molecular weight is 295 g/mol. The summed E-state index contributed by atoms with van der Waals surface area (Å²) in [6, 6.07) is 7.91. The largest absolute Gasteiger partial charge is 0.481 e. The van der Waals surface area contributed by atoms with E-state index in [4.69, 9.17) is 14.6 Å². The van der Waals surface area contributed by atoms with Gasteiger partial charge in [0.15, 0.2) is 0 Å².